The molecule has 0 aliphatic carbocycles. The van der Waals surface area contributed by atoms with Crippen molar-refractivity contribution in [3.8, 4) is 17.1 Å². The number of carbonyl (C=O) groups is 2. The zero-order valence-corrected chi connectivity index (χ0v) is 23.8. The van der Waals surface area contributed by atoms with E-state index >= 15 is 0 Å². The molecular formula is C30H36ClN5O4. The fourth-order valence-corrected chi connectivity index (χ4v) is 4.63. The maximum atomic E-state index is 12.7. The van der Waals surface area contributed by atoms with Crippen LogP contribution in [0.3, 0.4) is 0 Å². The molecule has 5 rings (SSSR count). The van der Waals surface area contributed by atoms with Crippen LogP contribution in [0.5, 0.6) is 0 Å². The number of carbonyl (C=O) groups excluding carboxylic acids is 2. The molecule has 0 radical (unpaired) electrons. The van der Waals surface area contributed by atoms with Crippen molar-refractivity contribution in [1.29, 1.82) is 0 Å². The highest BCUT2D eigenvalue weighted by Gasteiger charge is 2.22. The van der Waals surface area contributed by atoms with Gasteiger partial charge in [0.2, 0.25) is 6.41 Å². The van der Waals surface area contributed by atoms with Gasteiger partial charge in [-0.05, 0) is 31.9 Å². The fourth-order valence-electron chi connectivity index (χ4n) is 4.36. The molecule has 40 heavy (non-hydrogen) atoms. The molecule has 0 bridgehead atoms. The van der Waals surface area contributed by atoms with E-state index in [0.717, 1.165) is 29.2 Å². The van der Waals surface area contributed by atoms with E-state index in [2.05, 4.69) is 36.2 Å². The van der Waals surface area contributed by atoms with Crippen LogP contribution in [0.1, 0.15) is 48.7 Å². The van der Waals surface area contributed by atoms with Crippen LogP contribution < -0.4 is 10.2 Å². The molecule has 1 aromatic carbocycles. The topological polar surface area (TPSA) is 102 Å². The van der Waals surface area contributed by atoms with Gasteiger partial charge < -0.3 is 19.4 Å². The molecule has 9 nitrogen and oxygen atoms in total. The summed E-state index contributed by atoms with van der Waals surface area (Å²) in [7, 11) is 0. The van der Waals surface area contributed by atoms with Gasteiger partial charge in [0.05, 0.1) is 24.6 Å². The Hall–Kier alpha value is -3.69. The van der Waals surface area contributed by atoms with Crippen LogP contribution >= 0.6 is 11.6 Å². The number of halogens is 1. The molecule has 4 heterocycles. The summed E-state index contributed by atoms with van der Waals surface area (Å²) in [6.07, 6.45) is 5.70. The second kappa shape index (κ2) is 14.6. The number of ketones is 1. The molecule has 4 aromatic rings. The lowest BCUT2D eigenvalue weighted by Crippen LogP contribution is -2.36. The van der Waals surface area contributed by atoms with Gasteiger partial charge in [-0.1, -0.05) is 37.1 Å². The number of nitrogens with zero attached hydrogens (tertiary/aromatic N) is 4. The first-order valence-electron chi connectivity index (χ1n) is 13.7. The summed E-state index contributed by atoms with van der Waals surface area (Å²) in [5.41, 5.74) is 5.11. The number of rotatable bonds is 11. The van der Waals surface area contributed by atoms with E-state index in [-0.39, 0.29) is 18.0 Å². The third-order valence-electron chi connectivity index (χ3n) is 6.51. The number of anilines is 1. The number of aryl methyl sites for hydroxylation is 1. The highest BCUT2D eigenvalue weighted by Crippen LogP contribution is 2.32. The molecule has 1 aliphatic heterocycles. The standard InChI is InChI=1S/C26H27N5O4.C4H9Cl/c1-18-4-2-5-19(14-18)20-7-9-31(29-20)25-16-22(30-10-12-34-13-11-30)26-21(28-25)15-24(35-26)23(33)6-3-8-27-17-32;1-2-3-4-5/h2,4-5,7,9,14-17H,3,6,8,10-13H2,1H3,(H,27,32);2-4H2,1H3. The molecule has 10 heteroatoms. The zero-order valence-electron chi connectivity index (χ0n) is 23.1. The minimum atomic E-state index is -0.119. The number of pyridine rings is 1. The highest BCUT2D eigenvalue weighted by molar-refractivity contribution is 6.17. The second-order valence-corrected chi connectivity index (χ2v) is 9.96. The van der Waals surface area contributed by atoms with Crippen LogP contribution in [0.15, 0.2) is 53.1 Å². The Morgan fingerprint density at radius 1 is 1.15 bits per heavy atom. The first-order chi connectivity index (χ1) is 19.5. The summed E-state index contributed by atoms with van der Waals surface area (Å²) in [6, 6.07) is 13.8. The molecule has 1 aliphatic rings. The number of fused-ring (bicyclic) bond motifs is 1. The van der Waals surface area contributed by atoms with E-state index in [9.17, 15) is 9.59 Å². The lowest BCUT2D eigenvalue weighted by atomic mass is 10.1. The Labute approximate surface area is 239 Å². The van der Waals surface area contributed by atoms with Gasteiger partial charge in [-0.15, -0.1) is 11.6 Å². The van der Waals surface area contributed by atoms with Crippen LogP contribution in [-0.4, -0.2) is 65.7 Å². The number of morpholine rings is 1. The largest absolute Gasteiger partial charge is 0.449 e. The first kappa shape index (κ1) is 29.3. The second-order valence-electron chi connectivity index (χ2n) is 9.58. The Morgan fingerprint density at radius 3 is 2.67 bits per heavy atom. The van der Waals surface area contributed by atoms with E-state index < -0.39 is 0 Å². The Bertz CT molecular complexity index is 1410. The van der Waals surface area contributed by atoms with Crippen molar-refractivity contribution in [1.82, 2.24) is 20.1 Å². The third-order valence-corrected chi connectivity index (χ3v) is 6.77. The number of alkyl halides is 1. The molecule has 0 atom stereocenters. The van der Waals surface area contributed by atoms with Gasteiger partial charge in [-0.25, -0.2) is 9.67 Å². The third kappa shape index (κ3) is 7.49. The quantitative estimate of drug-likeness (QED) is 0.110. The van der Waals surface area contributed by atoms with Gasteiger partial charge in [0.1, 0.15) is 5.52 Å². The number of benzene rings is 1. The maximum absolute atomic E-state index is 12.7. The zero-order chi connectivity index (χ0) is 28.3. The SMILES string of the molecule is CCCCCl.Cc1cccc(-c2ccn(-c3cc(N4CCOCC4)c4oc(C(=O)CCCNC=O)cc4n3)n2)c1. The molecule has 1 amide bonds. The predicted molar refractivity (Wildman–Crippen MR) is 158 cm³/mol. The average Bonchev–Trinajstić information content (AvgIpc) is 3.64. The van der Waals surface area contributed by atoms with Crippen molar-refractivity contribution in [3.05, 3.63) is 60.0 Å². The number of hydrogen-bond acceptors (Lipinski definition) is 7. The van der Waals surface area contributed by atoms with Gasteiger partial charge >= 0.3 is 0 Å². The molecule has 1 N–H and O–H groups in total. The number of unbranched alkanes of at least 4 members (excludes halogenated alkanes) is 1. The fraction of sp³-hybridized carbons (Fsp3) is 0.400. The van der Waals surface area contributed by atoms with Crippen LogP contribution in [0.2, 0.25) is 0 Å². The minimum absolute atomic E-state index is 0.119. The molecule has 1 saturated heterocycles. The number of amides is 1. The van der Waals surface area contributed by atoms with E-state index in [0.29, 0.717) is 62.6 Å². The molecular weight excluding hydrogens is 530 g/mol. The molecule has 1 fully saturated rings. The van der Waals surface area contributed by atoms with Crippen molar-refractivity contribution in [3.63, 3.8) is 0 Å². The lowest BCUT2D eigenvalue weighted by Gasteiger charge is -2.28. The lowest BCUT2D eigenvalue weighted by molar-refractivity contribution is -0.109. The van der Waals surface area contributed by atoms with Crippen LogP contribution in [-0.2, 0) is 9.53 Å². The van der Waals surface area contributed by atoms with E-state index in [4.69, 9.17) is 30.8 Å². The summed E-state index contributed by atoms with van der Waals surface area (Å²) in [4.78, 5) is 30.1. The predicted octanol–water partition coefficient (Wildman–Crippen LogP) is 5.56. The van der Waals surface area contributed by atoms with Crippen LogP contribution in [0.25, 0.3) is 28.2 Å². The molecule has 0 spiro atoms. The minimum Gasteiger partial charge on any atom is -0.449 e. The normalized spacial score (nSPS) is 13.1. The van der Waals surface area contributed by atoms with E-state index in [1.54, 1.807) is 10.7 Å². The number of aromatic nitrogens is 3. The monoisotopic (exact) mass is 565 g/mol. The first-order valence-corrected chi connectivity index (χ1v) is 14.2. The molecule has 212 valence electrons. The van der Waals surface area contributed by atoms with Crippen molar-refractivity contribution in [2.75, 3.05) is 43.6 Å². The Morgan fingerprint density at radius 2 is 1.98 bits per heavy atom. The number of ether oxygens (including phenoxy) is 1. The smallest absolute Gasteiger partial charge is 0.207 e. The van der Waals surface area contributed by atoms with Crippen molar-refractivity contribution in [2.24, 2.45) is 0 Å². The number of furan rings is 1. The van der Waals surface area contributed by atoms with Crippen LogP contribution in [0.4, 0.5) is 5.69 Å². The summed E-state index contributed by atoms with van der Waals surface area (Å²) in [5, 5.41) is 7.34. The van der Waals surface area contributed by atoms with Gasteiger partial charge in [-0.3, -0.25) is 9.59 Å². The molecule has 0 unspecified atom stereocenters. The number of hydrogen-bond donors (Lipinski definition) is 1. The summed E-state index contributed by atoms with van der Waals surface area (Å²) < 4.78 is 13.3. The summed E-state index contributed by atoms with van der Waals surface area (Å²) >= 11 is 5.30. The molecule has 3 aromatic heterocycles. The Balaban J connectivity index is 0.000000681. The number of nitrogens with one attached hydrogen (secondary N) is 1. The maximum Gasteiger partial charge on any atom is 0.207 e. The van der Waals surface area contributed by atoms with E-state index in [1.165, 1.54) is 12.0 Å². The van der Waals surface area contributed by atoms with Crippen molar-refractivity contribution >= 4 is 40.6 Å². The average molecular weight is 566 g/mol. The van der Waals surface area contributed by atoms with Gasteiger partial charge in [0, 0.05) is 55.8 Å². The molecule has 0 saturated carbocycles. The number of Topliss-reactive ketones (excluding diaryl/α,β-unsaturated/α-hetero) is 1. The van der Waals surface area contributed by atoms with Crippen molar-refractivity contribution in [2.45, 2.75) is 39.5 Å². The summed E-state index contributed by atoms with van der Waals surface area (Å²) in [6.45, 7) is 7.30. The Kier molecular flexibility index (Phi) is 10.7. The van der Waals surface area contributed by atoms with Gasteiger partial charge in [0.15, 0.2) is 22.9 Å². The highest BCUT2D eigenvalue weighted by atomic mass is 35.5. The van der Waals surface area contributed by atoms with Gasteiger partial charge in [-0.2, -0.15) is 5.10 Å². The van der Waals surface area contributed by atoms with Gasteiger partial charge in [0.25, 0.3) is 0 Å². The summed E-state index contributed by atoms with van der Waals surface area (Å²) in [5.74, 6) is 1.61. The van der Waals surface area contributed by atoms with Crippen LogP contribution in [0, 0.1) is 6.92 Å². The van der Waals surface area contributed by atoms with Crippen molar-refractivity contribution < 1.29 is 18.7 Å². The van der Waals surface area contributed by atoms with E-state index in [1.807, 2.05) is 30.5 Å².